The van der Waals surface area contributed by atoms with Gasteiger partial charge in [-0.2, -0.15) is 0 Å². The zero-order valence-electron chi connectivity index (χ0n) is 10.6. The number of amides is 1. The first-order valence-corrected chi connectivity index (χ1v) is 7.68. The zero-order chi connectivity index (χ0) is 13.7. The van der Waals surface area contributed by atoms with E-state index < -0.39 is 0 Å². The first kappa shape index (κ1) is 14.8. The lowest BCUT2D eigenvalue weighted by Crippen LogP contribution is -2.29. The van der Waals surface area contributed by atoms with Crippen molar-refractivity contribution >= 4 is 33.4 Å². The maximum atomic E-state index is 12.0. The number of ether oxygens (including phenoxy) is 1. The van der Waals surface area contributed by atoms with E-state index >= 15 is 0 Å². The quantitative estimate of drug-likeness (QED) is 0.900. The number of hydrogen-bond donors (Lipinski definition) is 1. The van der Waals surface area contributed by atoms with Crippen molar-refractivity contribution < 1.29 is 9.53 Å². The fourth-order valence-electron chi connectivity index (χ4n) is 2.17. The molecule has 0 aliphatic carbocycles. The van der Waals surface area contributed by atoms with Gasteiger partial charge in [-0.05, 0) is 43.9 Å². The van der Waals surface area contributed by atoms with Gasteiger partial charge in [0, 0.05) is 28.2 Å². The maximum absolute atomic E-state index is 12.0. The second-order valence-electron chi connectivity index (χ2n) is 4.69. The topological polar surface area (TPSA) is 38.3 Å². The van der Waals surface area contributed by atoms with Crippen LogP contribution in [0.2, 0.25) is 5.02 Å². The van der Waals surface area contributed by atoms with Gasteiger partial charge in [0.25, 0.3) is 5.91 Å². The van der Waals surface area contributed by atoms with E-state index in [0.29, 0.717) is 23.2 Å². The van der Waals surface area contributed by atoms with E-state index in [1.807, 2.05) is 0 Å². The van der Waals surface area contributed by atoms with Crippen molar-refractivity contribution in [1.82, 2.24) is 5.32 Å². The molecule has 1 saturated heterocycles. The van der Waals surface area contributed by atoms with Crippen molar-refractivity contribution in [2.75, 3.05) is 13.2 Å². The van der Waals surface area contributed by atoms with Crippen LogP contribution in [-0.4, -0.2) is 25.2 Å². The Morgan fingerprint density at radius 3 is 2.95 bits per heavy atom. The number of carbonyl (C=O) groups is 1. The van der Waals surface area contributed by atoms with Gasteiger partial charge in [-0.1, -0.05) is 27.5 Å². The highest BCUT2D eigenvalue weighted by molar-refractivity contribution is 9.10. The highest BCUT2D eigenvalue weighted by atomic mass is 79.9. The van der Waals surface area contributed by atoms with Crippen LogP contribution in [0.15, 0.2) is 22.7 Å². The van der Waals surface area contributed by atoms with Gasteiger partial charge in [0.2, 0.25) is 0 Å². The minimum Gasteiger partial charge on any atom is -0.378 e. The number of nitrogens with one attached hydrogen (secondary N) is 1. The summed E-state index contributed by atoms with van der Waals surface area (Å²) in [7, 11) is 0. The molecule has 1 N–H and O–H groups in total. The van der Waals surface area contributed by atoms with E-state index in [1.165, 1.54) is 6.42 Å². The number of carbonyl (C=O) groups excluding carboxylic acids is 1. The summed E-state index contributed by atoms with van der Waals surface area (Å²) in [6.07, 6.45) is 4.63. The van der Waals surface area contributed by atoms with Crippen molar-refractivity contribution in [2.45, 2.75) is 31.8 Å². The molecular weight excluding hydrogens is 330 g/mol. The third kappa shape index (κ3) is 4.79. The molecule has 1 aromatic rings. The third-order valence-electron chi connectivity index (χ3n) is 3.15. The molecule has 1 fully saturated rings. The molecule has 1 aliphatic rings. The van der Waals surface area contributed by atoms with Crippen LogP contribution in [0.3, 0.4) is 0 Å². The number of rotatable bonds is 4. The highest BCUT2D eigenvalue weighted by Crippen LogP contribution is 2.19. The van der Waals surface area contributed by atoms with Crippen LogP contribution < -0.4 is 5.32 Å². The summed E-state index contributed by atoms with van der Waals surface area (Å²) in [6, 6.07) is 5.19. The smallest absolute Gasteiger partial charge is 0.251 e. The van der Waals surface area contributed by atoms with E-state index in [4.69, 9.17) is 16.3 Å². The summed E-state index contributed by atoms with van der Waals surface area (Å²) >= 11 is 9.25. The Labute approximate surface area is 126 Å². The molecule has 0 saturated carbocycles. The van der Waals surface area contributed by atoms with Gasteiger partial charge >= 0.3 is 0 Å². The molecule has 19 heavy (non-hydrogen) atoms. The normalized spacial score (nSPS) is 19.2. The van der Waals surface area contributed by atoms with E-state index in [2.05, 4.69) is 21.2 Å². The van der Waals surface area contributed by atoms with Crippen LogP contribution in [0, 0.1) is 0 Å². The molecule has 1 heterocycles. The van der Waals surface area contributed by atoms with Crippen molar-refractivity contribution in [1.29, 1.82) is 0 Å². The van der Waals surface area contributed by atoms with Crippen molar-refractivity contribution in [2.24, 2.45) is 0 Å². The van der Waals surface area contributed by atoms with Gasteiger partial charge < -0.3 is 10.1 Å². The lowest BCUT2D eigenvalue weighted by molar-refractivity contribution is 0.0117. The largest absolute Gasteiger partial charge is 0.378 e. The molecular formula is C14H17BrClNO2. The van der Waals surface area contributed by atoms with E-state index in [0.717, 1.165) is 30.3 Å². The number of hydrogen-bond acceptors (Lipinski definition) is 2. The maximum Gasteiger partial charge on any atom is 0.251 e. The van der Waals surface area contributed by atoms with Crippen molar-refractivity contribution in [3.8, 4) is 0 Å². The van der Waals surface area contributed by atoms with Crippen LogP contribution in [0.4, 0.5) is 0 Å². The fourth-order valence-corrected chi connectivity index (χ4v) is 3.03. The second-order valence-corrected chi connectivity index (χ2v) is 6.04. The molecule has 1 aromatic carbocycles. The Morgan fingerprint density at radius 1 is 1.42 bits per heavy atom. The lowest BCUT2D eigenvalue weighted by Gasteiger charge is -2.22. The molecule has 5 heteroatoms. The van der Waals surface area contributed by atoms with Gasteiger partial charge in [-0.3, -0.25) is 4.79 Å². The SMILES string of the molecule is O=C(NCCC1CCCCO1)c1cc(Cl)cc(Br)c1. The summed E-state index contributed by atoms with van der Waals surface area (Å²) in [4.78, 5) is 12.0. The molecule has 104 valence electrons. The summed E-state index contributed by atoms with van der Waals surface area (Å²) in [5, 5.41) is 3.45. The van der Waals surface area contributed by atoms with Gasteiger partial charge in [0.15, 0.2) is 0 Å². The standard InChI is InChI=1S/C14H17BrClNO2/c15-11-7-10(8-12(16)9-11)14(18)17-5-4-13-3-1-2-6-19-13/h7-9,13H,1-6H2,(H,17,18). The van der Waals surface area contributed by atoms with Gasteiger partial charge in [-0.25, -0.2) is 0 Å². The van der Waals surface area contributed by atoms with Crippen molar-refractivity contribution in [3.05, 3.63) is 33.3 Å². The van der Waals surface area contributed by atoms with Gasteiger partial charge in [0.1, 0.15) is 0 Å². The molecule has 2 rings (SSSR count). The number of halogens is 2. The van der Waals surface area contributed by atoms with E-state index in [-0.39, 0.29) is 5.91 Å². The molecule has 3 nitrogen and oxygen atoms in total. The third-order valence-corrected chi connectivity index (χ3v) is 3.83. The van der Waals surface area contributed by atoms with Crippen LogP contribution in [0.25, 0.3) is 0 Å². The van der Waals surface area contributed by atoms with Crippen molar-refractivity contribution in [3.63, 3.8) is 0 Å². The molecule has 0 spiro atoms. The predicted molar refractivity (Wildman–Crippen MR) is 79.7 cm³/mol. The molecule has 0 radical (unpaired) electrons. The summed E-state index contributed by atoms with van der Waals surface area (Å²) in [6.45, 7) is 1.48. The molecule has 0 aromatic heterocycles. The minimum absolute atomic E-state index is 0.0981. The Balaban J connectivity index is 1.80. The highest BCUT2D eigenvalue weighted by Gasteiger charge is 2.14. The van der Waals surface area contributed by atoms with Gasteiger partial charge in [0.05, 0.1) is 6.10 Å². The first-order chi connectivity index (χ1) is 9.15. The predicted octanol–water partition coefficient (Wildman–Crippen LogP) is 3.79. The Kier molecular flexibility index (Phi) is 5.67. The van der Waals surface area contributed by atoms with Gasteiger partial charge in [-0.15, -0.1) is 0 Å². The summed E-state index contributed by atoms with van der Waals surface area (Å²) in [5.41, 5.74) is 0.573. The van der Waals surface area contributed by atoms with Crippen LogP contribution in [0.5, 0.6) is 0 Å². The first-order valence-electron chi connectivity index (χ1n) is 6.51. The summed E-state index contributed by atoms with van der Waals surface area (Å²) in [5.74, 6) is -0.0981. The Hall–Kier alpha value is -0.580. The molecule has 0 bridgehead atoms. The minimum atomic E-state index is -0.0981. The van der Waals surface area contributed by atoms with Crippen LogP contribution in [-0.2, 0) is 4.74 Å². The molecule has 1 atom stereocenters. The monoisotopic (exact) mass is 345 g/mol. The summed E-state index contributed by atoms with van der Waals surface area (Å²) < 4.78 is 6.43. The fraction of sp³-hybridized carbons (Fsp3) is 0.500. The lowest BCUT2D eigenvalue weighted by atomic mass is 10.1. The molecule has 1 aliphatic heterocycles. The second kappa shape index (κ2) is 7.27. The molecule has 1 unspecified atom stereocenters. The average Bonchev–Trinajstić information content (AvgIpc) is 2.38. The van der Waals surface area contributed by atoms with Crippen LogP contribution in [0.1, 0.15) is 36.0 Å². The van der Waals surface area contributed by atoms with E-state index in [1.54, 1.807) is 18.2 Å². The Bertz CT molecular complexity index is 427. The zero-order valence-corrected chi connectivity index (χ0v) is 13.0. The molecule has 1 amide bonds. The van der Waals surface area contributed by atoms with Crippen LogP contribution >= 0.6 is 27.5 Å². The Morgan fingerprint density at radius 2 is 2.26 bits per heavy atom. The number of benzene rings is 1. The van der Waals surface area contributed by atoms with E-state index in [9.17, 15) is 4.79 Å². The average molecular weight is 347 g/mol.